The van der Waals surface area contributed by atoms with Crippen molar-refractivity contribution in [2.24, 2.45) is 0 Å². The third-order valence-corrected chi connectivity index (χ3v) is 1.86. The van der Waals surface area contributed by atoms with E-state index in [1.807, 2.05) is 0 Å². The summed E-state index contributed by atoms with van der Waals surface area (Å²) in [4.78, 5) is 10.4. The lowest BCUT2D eigenvalue weighted by Crippen LogP contribution is -2.45. The van der Waals surface area contributed by atoms with Gasteiger partial charge in [0.15, 0.2) is 0 Å². The highest BCUT2D eigenvalue weighted by atomic mass is 19.4. The van der Waals surface area contributed by atoms with Gasteiger partial charge in [0.2, 0.25) is 0 Å². The molecule has 1 aliphatic rings. The van der Waals surface area contributed by atoms with Gasteiger partial charge in [0.05, 0.1) is 0 Å². The topological polar surface area (TPSA) is 40.5 Å². The summed E-state index contributed by atoms with van der Waals surface area (Å²) in [5.41, 5.74) is 0. The second-order valence-corrected chi connectivity index (χ2v) is 2.66. The number of carboxylic acid groups (broad SMARTS) is 1. The highest BCUT2D eigenvalue weighted by Crippen LogP contribution is 2.30. The number of carbonyl (C=O) groups is 1. The number of nitrogens with zero attached hydrogens (tertiary/aromatic N) is 1. The smallest absolute Gasteiger partial charge is 0.460 e. The first-order valence-electron chi connectivity index (χ1n) is 3.49. The maximum atomic E-state index is 12.0. The highest BCUT2D eigenvalue weighted by molar-refractivity contribution is 5.73. The molecule has 0 amide bonds. The minimum Gasteiger partial charge on any atom is -0.480 e. The molecule has 0 unspecified atom stereocenters. The minimum absolute atomic E-state index is 0.0648. The molecule has 0 aliphatic carbocycles. The first-order valence-corrected chi connectivity index (χ1v) is 3.49. The van der Waals surface area contributed by atoms with Gasteiger partial charge < -0.3 is 5.11 Å². The van der Waals surface area contributed by atoms with E-state index in [9.17, 15) is 18.0 Å². The first-order chi connectivity index (χ1) is 5.43. The Kier molecular flexibility index (Phi) is 2.27. The predicted molar refractivity (Wildman–Crippen MR) is 33.4 cm³/mol. The van der Waals surface area contributed by atoms with Gasteiger partial charge in [0, 0.05) is 6.54 Å². The second-order valence-electron chi connectivity index (χ2n) is 2.66. The molecule has 0 aromatic rings. The Bertz CT molecular complexity index is 192. The van der Waals surface area contributed by atoms with Crippen molar-refractivity contribution < 1.29 is 23.1 Å². The molecule has 12 heavy (non-hydrogen) atoms. The number of halogens is 3. The van der Waals surface area contributed by atoms with Crippen LogP contribution in [0, 0.1) is 0 Å². The molecule has 1 heterocycles. The molecule has 1 rings (SSSR count). The average molecular weight is 183 g/mol. The van der Waals surface area contributed by atoms with Crippen LogP contribution in [0.15, 0.2) is 0 Å². The molecule has 0 aromatic carbocycles. The van der Waals surface area contributed by atoms with Crippen LogP contribution >= 0.6 is 0 Å². The molecule has 0 spiro atoms. The number of rotatable bonds is 1. The zero-order valence-corrected chi connectivity index (χ0v) is 6.14. The Balaban J connectivity index is 2.71. The van der Waals surface area contributed by atoms with E-state index in [0.29, 0.717) is 0 Å². The summed E-state index contributed by atoms with van der Waals surface area (Å²) in [6, 6.07) is -1.38. The Morgan fingerprint density at radius 2 is 2.08 bits per heavy atom. The fourth-order valence-corrected chi connectivity index (χ4v) is 1.33. The van der Waals surface area contributed by atoms with E-state index in [1.54, 1.807) is 0 Å². The fourth-order valence-electron chi connectivity index (χ4n) is 1.33. The van der Waals surface area contributed by atoms with Crippen LogP contribution in [0.2, 0.25) is 0 Å². The van der Waals surface area contributed by atoms with E-state index < -0.39 is 18.3 Å². The molecule has 70 valence electrons. The van der Waals surface area contributed by atoms with Crippen molar-refractivity contribution in [2.45, 2.75) is 25.2 Å². The van der Waals surface area contributed by atoms with E-state index in [-0.39, 0.29) is 24.3 Å². The van der Waals surface area contributed by atoms with E-state index in [1.165, 1.54) is 0 Å². The lowest BCUT2D eigenvalue weighted by atomic mass is 10.2. The van der Waals surface area contributed by atoms with Crippen molar-refractivity contribution >= 4 is 5.97 Å². The van der Waals surface area contributed by atoms with E-state index in [4.69, 9.17) is 5.11 Å². The van der Waals surface area contributed by atoms with Crippen LogP contribution in [-0.4, -0.2) is 34.9 Å². The molecule has 1 saturated heterocycles. The number of aliphatic carboxylic acids is 1. The van der Waals surface area contributed by atoms with Crippen molar-refractivity contribution in [3.05, 3.63) is 0 Å². The number of carboxylic acids is 1. The molecule has 0 saturated carbocycles. The summed E-state index contributed by atoms with van der Waals surface area (Å²) in [5, 5.41) is 8.41. The number of alkyl halides is 3. The maximum absolute atomic E-state index is 12.0. The SMILES string of the molecule is O=C(O)[C@@H]1CCCN1C(F)(F)F. The number of hydrogen-bond donors (Lipinski definition) is 1. The summed E-state index contributed by atoms with van der Waals surface area (Å²) in [6.07, 6.45) is -4.15. The van der Waals surface area contributed by atoms with E-state index >= 15 is 0 Å². The molecular weight excluding hydrogens is 175 g/mol. The van der Waals surface area contributed by atoms with Crippen molar-refractivity contribution in [1.29, 1.82) is 0 Å². The molecular formula is C6H8F3NO2. The lowest BCUT2D eigenvalue weighted by Gasteiger charge is -2.23. The van der Waals surface area contributed by atoms with Crippen LogP contribution in [0.5, 0.6) is 0 Å². The molecule has 1 N–H and O–H groups in total. The van der Waals surface area contributed by atoms with Crippen LogP contribution in [0.4, 0.5) is 13.2 Å². The van der Waals surface area contributed by atoms with Crippen molar-refractivity contribution in [3.63, 3.8) is 0 Å². The molecule has 1 fully saturated rings. The highest BCUT2D eigenvalue weighted by Gasteiger charge is 2.47. The summed E-state index contributed by atoms with van der Waals surface area (Å²) in [5.74, 6) is -1.40. The average Bonchev–Trinajstić information content (AvgIpc) is 2.30. The fraction of sp³-hybridized carbons (Fsp3) is 0.833. The predicted octanol–water partition coefficient (Wildman–Crippen LogP) is 1.06. The van der Waals surface area contributed by atoms with Crippen molar-refractivity contribution in [3.8, 4) is 0 Å². The van der Waals surface area contributed by atoms with Gasteiger partial charge in [-0.05, 0) is 12.8 Å². The van der Waals surface area contributed by atoms with Crippen LogP contribution < -0.4 is 0 Å². The summed E-state index contributed by atoms with van der Waals surface area (Å²) in [7, 11) is 0. The Hall–Kier alpha value is -0.780. The van der Waals surface area contributed by atoms with Gasteiger partial charge in [-0.2, -0.15) is 13.2 Å². The lowest BCUT2D eigenvalue weighted by molar-refractivity contribution is -0.250. The van der Waals surface area contributed by atoms with Gasteiger partial charge in [-0.1, -0.05) is 0 Å². The number of hydrogen-bond acceptors (Lipinski definition) is 2. The van der Waals surface area contributed by atoms with Gasteiger partial charge in [0.1, 0.15) is 6.04 Å². The van der Waals surface area contributed by atoms with Crippen LogP contribution in [0.25, 0.3) is 0 Å². The monoisotopic (exact) mass is 183 g/mol. The van der Waals surface area contributed by atoms with Gasteiger partial charge in [-0.25, -0.2) is 4.90 Å². The minimum atomic E-state index is -4.51. The molecule has 1 aliphatic heterocycles. The maximum Gasteiger partial charge on any atom is 0.460 e. The summed E-state index contributed by atoms with van der Waals surface area (Å²) < 4.78 is 36.1. The van der Waals surface area contributed by atoms with E-state index in [2.05, 4.69) is 0 Å². The van der Waals surface area contributed by atoms with Crippen molar-refractivity contribution in [1.82, 2.24) is 4.90 Å². The van der Waals surface area contributed by atoms with Gasteiger partial charge in [-0.15, -0.1) is 0 Å². The first kappa shape index (κ1) is 9.31. The molecule has 6 heteroatoms. The Morgan fingerprint density at radius 1 is 1.50 bits per heavy atom. The standard InChI is InChI=1S/C6H8F3NO2/c7-6(8,9)10-3-1-2-4(10)5(11)12/h4H,1-3H2,(H,11,12)/t4-/m0/s1. The van der Waals surface area contributed by atoms with E-state index in [0.717, 1.165) is 0 Å². The zero-order valence-electron chi connectivity index (χ0n) is 6.14. The van der Waals surface area contributed by atoms with Gasteiger partial charge in [-0.3, -0.25) is 4.79 Å². The molecule has 0 aromatic heterocycles. The Labute approximate surface area is 66.8 Å². The quantitative estimate of drug-likeness (QED) is 0.618. The van der Waals surface area contributed by atoms with Gasteiger partial charge >= 0.3 is 12.3 Å². The third kappa shape index (κ3) is 1.69. The molecule has 1 atom stereocenters. The summed E-state index contributed by atoms with van der Waals surface area (Å²) in [6.45, 7) is -0.208. The second kappa shape index (κ2) is 2.93. The molecule has 0 bridgehead atoms. The van der Waals surface area contributed by atoms with Crippen molar-refractivity contribution in [2.75, 3.05) is 6.54 Å². The normalized spacial score (nSPS) is 26.1. The van der Waals surface area contributed by atoms with Crippen LogP contribution in [-0.2, 0) is 4.79 Å². The Morgan fingerprint density at radius 3 is 2.42 bits per heavy atom. The van der Waals surface area contributed by atoms with Gasteiger partial charge in [0.25, 0.3) is 0 Å². The van der Waals surface area contributed by atoms with Crippen LogP contribution in [0.1, 0.15) is 12.8 Å². The largest absolute Gasteiger partial charge is 0.480 e. The molecule has 3 nitrogen and oxygen atoms in total. The third-order valence-electron chi connectivity index (χ3n) is 1.86. The summed E-state index contributed by atoms with van der Waals surface area (Å²) >= 11 is 0. The number of likely N-dealkylation sites (tertiary alicyclic amines) is 1. The van der Waals surface area contributed by atoms with Crippen LogP contribution in [0.3, 0.4) is 0 Å². The molecule has 0 radical (unpaired) electrons. The zero-order chi connectivity index (χ0) is 9.35.